The highest BCUT2D eigenvalue weighted by molar-refractivity contribution is 7.91. The number of rotatable bonds is 3. The molecule has 0 radical (unpaired) electrons. The van der Waals surface area contributed by atoms with Gasteiger partial charge in [-0.3, -0.25) is 0 Å². The van der Waals surface area contributed by atoms with E-state index in [1.54, 1.807) is 12.1 Å². The van der Waals surface area contributed by atoms with Gasteiger partial charge < -0.3 is 4.57 Å². The predicted molar refractivity (Wildman–Crippen MR) is 70.7 cm³/mol. The molecule has 1 aromatic heterocycles. The van der Waals surface area contributed by atoms with Crippen molar-refractivity contribution in [3.63, 3.8) is 0 Å². The van der Waals surface area contributed by atoms with Crippen molar-refractivity contribution >= 4 is 32.5 Å². The first kappa shape index (κ1) is 12.0. The Morgan fingerprint density at radius 3 is 2.72 bits per heavy atom. The Hall–Kier alpha value is -1.07. The first-order valence-electron chi connectivity index (χ1n) is 5.78. The molecule has 6 heteroatoms. The molecule has 0 saturated heterocycles. The first-order valence-corrected chi connectivity index (χ1v) is 8.21. The van der Waals surface area contributed by atoms with E-state index in [1.807, 2.05) is 6.07 Å². The molecule has 0 atom stereocenters. The van der Waals surface area contributed by atoms with E-state index < -0.39 is 9.84 Å². The average molecular weight is 285 g/mol. The minimum Gasteiger partial charge on any atom is -0.324 e. The van der Waals surface area contributed by atoms with Crippen LogP contribution in [0, 0.1) is 0 Å². The van der Waals surface area contributed by atoms with Crippen LogP contribution in [0.3, 0.4) is 0 Å². The van der Waals surface area contributed by atoms with Crippen LogP contribution in [0.25, 0.3) is 11.0 Å². The normalized spacial score (nSPS) is 16.3. The van der Waals surface area contributed by atoms with Crippen molar-refractivity contribution in [3.8, 4) is 0 Å². The molecule has 0 bridgehead atoms. The minimum absolute atomic E-state index is 0.283. The van der Waals surface area contributed by atoms with Crippen molar-refractivity contribution in [1.29, 1.82) is 0 Å². The number of para-hydroxylation sites is 1. The van der Waals surface area contributed by atoms with Gasteiger partial charge in [0, 0.05) is 12.3 Å². The molecule has 0 aliphatic heterocycles. The van der Waals surface area contributed by atoms with Crippen LogP contribution in [0.2, 0.25) is 0 Å². The van der Waals surface area contributed by atoms with Gasteiger partial charge in [-0.15, -0.1) is 11.6 Å². The Morgan fingerprint density at radius 2 is 2.17 bits per heavy atom. The van der Waals surface area contributed by atoms with Crippen LogP contribution >= 0.6 is 11.6 Å². The van der Waals surface area contributed by atoms with E-state index in [1.165, 1.54) is 6.26 Å². The van der Waals surface area contributed by atoms with Gasteiger partial charge in [-0.05, 0) is 25.0 Å². The van der Waals surface area contributed by atoms with Gasteiger partial charge in [0.1, 0.15) is 11.3 Å². The highest BCUT2D eigenvalue weighted by Crippen LogP contribution is 2.39. The van der Waals surface area contributed by atoms with Crippen LogP contribution in [-0.4, -0.2) is 24.2 Å². The van der Waals surface area contributed by atoms with Crippen molar-refractivity contribution < 1.29 is 8.42 Å². The van der Waals surface area contributed by atoms with E-state index in [0.717, 1.165) is 24.2 Å². The predicted octanol–water partition coefficient (Wildman–Crippen LogP) is 2.51. The number of fused-ring (bicyclic) bond motifs is 1. The van der Waals surface area contributed by atoms with Gasteiger partial charge in [0.15, 0.2) is 9.84 Å². The highest BCUT2D eigenvalue weighted by Gasteiger charge is 2.29. The second kappa shape index (κ2) is 3.96. The molecule has 1 saturated carbocycles. The zero-order valence-corrected chi connectivity index (χ0v) is 11.5. The zero-order valence-electron chi connectivity index (χ0n) is 9.93. The lowest BCUT2D eigenvalue weighted by Gasteiger charge is -2.05. The van der Waals surface area contributed by atoms with E-state index in [-0.39, 0.29) is 4.90 Å². The van der Waals surface area contributed by atoms with E-state index >= 15 is 0 Å². The van der Waals surface area contributed by atoms with Crippen LogP contribution in [0.15, 0.2) is 23.1 Å². The monoisotopic (exact) mass is 284 g/mol. The van der Waals surface area contributed by atoms with Crippen LogP contribution in [0.5, 0.6) is 0 Å². The number of alkyl halides is 1. The molecule has 2 aromatic rings. The summed E-state index contributed by atoms with van der Waals surface area (Å²) in [5.74, 6) is 1.05. The summed E-state index contributed by atoms with van der Waals surface area (Å²) in [6, 6.07) is 5.70. The molecule has 1 fully saturated rings. The smallest absolute Gasteiger partial charge is 0.177 e. The van der Waals surface area contributed by atoms with Gasteiger partial charge in [-0.2, -0.15) is 0 Å². The molecule has 1 aromatic carbocycles. The summed E-state index contributed by atoms with van der Waals surface area (Å²) in [5, 5.41) is 0. The standard InChI is InChI=1S/C12H13ClN2O2S/c1-18(16,17)10-4-2-3-9-12(10)14-11(7-13)15(9)8-5-6-8/h2-4,8H,5-7H2,1H3. The molecule has 18 heavy (non-hydrogen) atoms. The molecular weight excluding hydrogens is 272 g/mol. The maximum atomic E-state index is 11.8. The molecule has 1 aliphatic rings. The minimum atomic E-state index is -3.27. The lowest BCUT2D eigenvalue weighted by molar-refractivity contribution is 0.602. The summed E-state index contributed by atoms with van der Waals surface area (Å²) in [4.78, 5) is 4.69. The number of halogens is 1. The van der Waals surface area contributed by atoms with Crippen molar-refractivity contribution in [1.82, 2.24) is 9.55 Å². The van der Waals surface area contributed by atoms with Crippen molar-refractivity contribution in [2.45, 2.75) is 29.7 Å². The number of imidazole rings is 1. The van der Waals surface area contributed by atoms with E-state index in [9.17, 15) is 8.42 Å². The second-order valence-electron chi connectivity index (χ2n) is 4.66. The molecule has 3 rings (SSSR count). The summed E-state index contributed by atoms with van der Waals surface area (Å²) in [6.07, 6.45) is 3.43. The number of aromatic nitrogens is 2. The van der Waals surface area contributed by atoms with Crippen LogP contribution < -0.4 is 0 Å². The van der Waals surface area contributed by atoms with Gasteiger partial charge in [-0.25, -0.2) is 13.4 Å². The molecule has 0 spiro atoms. The van der Waals surface area contributed by atoms with Gasteiger partial charge in [0.2, 0.25) is 0 Å². The van der Waals surface area contributed by atoms with Crippen LogP contribution in [-0.2, 0) is 15.7 Å². The Labute approximate surface area is 110 Å². The van der Waals surface area contributed by atoms with E-state index in [4.69, 9.17) is 11.6 Å². The fourth-order valence-electron chi connectivity index (χ4n) is 2.27. The van der Waals surface area contributed by atoms with Crippen LogP contribution in [0.4, 0.5) is 0 Å². The molecule has 0 amide bonds. The SMILES string of the molecule is CS(=O)(=O)c1cccc2c1nc(CCl)n2C1CC1. The molecule has 1 heterocycles. The fourth-order valence-corrected chi connectivity index (χ4v) is 3.29. The maximum Gasteiger partial charge on any atom is 0.177 e. The average Bonchev–Trinajstić information content (AvgIpc) is 3.07. The lowest BCUT2D eigenvalue weighted by atomic mass is 10.3. The number of nitrogens with zero attached hydrogens (tertiary/aromatic N) is 2. The third-order valence-corrected chi connectivity index (χ3v) is 4.55. The van der Waals surface area contributed by atoms with Crippen molar-refractivity contribution in [2.75, 3.05) is 6.26 Å². The Kier molecular flexibility index (Phi) is 2.64. The number of hydrogen-bond donors (Lipinski definition) is 0. The largest absolute Gasteiger partial charge is 0.324 e. The summed E-state index contributed by atoms with van der Waals surface area (Å²) in [7, 11) is -3.27. The molecule has 0 unspecified atom stereocenters. The summed E-state index contributed by atoms with van der Waals surface area (Å²) in [6.45, 7) is 0. The zero-order chi connectivity index (χ0) is 12.9. The lowest BCUT2D eigenvalue weighted by Crippen LogP contribution is -1.99. The third kappa shape index (κ3) is 1.82. The molecular formula is C12H13ClN2O2S. The summed E-state index contributed by atoms with van der Waals surface area (Å²) < 4.78 is 25.6. The number of benzene rings is 1. The van der Waals surface area contributed by atoms with Crippen molar-refractivity contribution in [2.24, 2.45) is 0 Å². The van der Waals surface area contributed by atoms with Crippen LogP contribution in [0.1, 0.15) is 24.7 Å². The molecule has 0 N–H and O–H groups in total. The topological polar surface area (TPSA) is 52.0 Å². The number of hydrogen-bond acceptors (Lipinski definition) is 3. The summed E-state index contributed by atoms with van der Waals surface area (Å²) in [5.41, 5.74) is 1.42. The van der Waals surface area contributed by atoms with Crippen molar-refractivity contribution in [3.05, 3.63) is 24.0 Å². The summed E-state index contributed by atoms with van der Waals surface area (Å²) >= 11 is 5.91. The fraction of sp³-hybridized carbons (Fsp3) is 0.417. The first-order chi connectivity index (χ1) is 8.52. The quantitative estimate of drug-likeness (QED) is 0.814. The van der Waals surface area contributed by atoms with Gasteiger partial charge in [0.05, 0.1) is 16.3 Å². The highest BCUT2D eigenvalue weighted by atomic mass is 35.5. The van der Waals surface area contributed by atoms with Gasteiger partial charge >= 0.3 is 0 Å². The van der Waals surface area contributed by atoms with E-state index in [2.05, 4.69) is 9.55 Å². The Morgan fingerprint density at radius 1 is 1.44 bits per heavy atom. The van der Waals surface area contributed by atoms with E-state index in [0.29, 0.717) is 17.4 Å². The Bertz CT molecular complexity index is 717. The third-order valence-electron chi connectivity index (χ3n) is 3.19. The molecule has 1 aliphatic carbocycles. The number of sulfone groups is 1. The second-order valence-corrected chi connectivity index (χ2v) is 6.91. The van der Waals surface area contributed by atoms with Gasteiger partial charge in [0.25, 0.3) is 0 Å². The maximum absolute atomic E-state index is 11.8. The van der Waals surface area contributed by atoms with Gasteiger partial charge in [-0.1, -0.05) is 6.07 Å². The molecule has 4 nitrogen and oxygen atoms in total. The Balaban J connectivity index is 2.36. The molecule has 96 valence electrons.